The molecule has 262 valence electrons. The number of ether oxygens (including phenoxy) is 1. The lowest BCUT2D eigenvalue weighted by molar-refractivity contribution is -0.139. The summed E-state index contributed by atoms with van der Waals surface area (Å²) in [7, 11) is 1.54. The lowest BCUT2D eigenvalue weighted by Crippen LogP contribution is -2.46. The minimum absolute atomic E-state index is 0.0629. The molecule has 3 atom stereocenters. The van der Waals surface area contributed by atoms with Gasteiger partial charge in [0.2, 0.25) is 5.91 Å². The van der Waals surface area contributed by atoms with Crippen molar-refractivity contribution in [2.45, 2.75) is 44.5 Å². The molecule has 3 amide bonds. The van der Waals surface area contributed by atoms with E-state index in [-0.39, 0.29) is 37.4 Å². The lowest BCUT2D eigenvalue weighted by atomic mass is 9.82. The zero-order chi connectivity index (χ0) is 36.1. The maximum Gasteiger partial charge on any atom is 0.264 e. The predicted molar refractivity (Wildman–Crippen MR) is 199 cm³/mol. The molecule has 8 rings (SSSR count). The molecule has 0 spiro atoms. The summed E-state index contributed by atoms with van der Waals surface area (Å²) < 4.78 is 5.48. The zero-order valence-corrected chi connectivity index (χ0v) is 29.0. The first-order valence-corrected chi connectivity index (χ1v) is 17.5. The number of hydrogen-bond donors (Lipinski definition) is 2. The third-order valence-corrected chi connectivity index (χ3v) is 10.8. The van der Waals surface area contributed by atoms with E-state index in [2.05, 4.69) is 0 Å². The van der Waals surface area contributed by atoms with Crippen molar-refractivity contribution in [2.24, 2.45) is 5.92 Å². The normalized spacial score (nSPS) is 19.8. The number of anilines is 3. The molecule has 52 heavy (non-hydrogen) atoms. The van der Waals surface area contributed by atoms with Crippen LogP contribution in [-0.4, -0.2) is 52.6 Å². The molecule has 3 heterocycles. The van der Waals surface area contributed by atoms with E-state index in [1.165, 1.54) is 7.11 Å². The zero-order valence-electron chi connectivity index (χ0n) is 29.0. The van der Waals surface area contributed by atoms with Crippen molar-refractivity contribution in [3.8, 4) is 5.75 Å². The van der Waals surface area contributed by atoms with Crippen LogP contribution >= 0.6 is 0 Å². The molecule has 0 saturated carbocycles. The van der Waals surface area contributed by atoms with Gasteiger partial charge in [0.05, 0.1) is 43.2 Å². The predicted octanol–water partition coefficient (Wildman–Crippen LogP) is 6.40. The summed E-state index contributed by atoms with van der Waals surface area (Å²) in [4.78, 5) is 46.1. The van der Waals surface area contributed by atoms with Gasteiger partial charge in [-0.2, -0.15) is 0 Å². The molecule has 3 aliphatic rings. The van der Waals surface area contributed by atoms with Crippen LogP contribution < -0.4 is 14.5 Å². The molecule has 0 radical (unpaired) electrons. The van der Waals surface area contributed by atoms with Gasteiger partial charge in [-0.15, -0.1) is 0 Å². The van der Waals surface area contributed by atoms with Gasteiger partial charge >= 0.3 is 0 Å². The fourth-order valence-electron chi connectivity index (χ4n) is 7.99. The molecule has 0 bridgehead atoms. The van der Waals surface area contributed by atoms with E-state index in [4.69, 9.17) is 4.74 Å². The van der Waals surface area contributed by atoms with Crippen molar-refractivity contribution in [2.75, 3.05) is 23.5 Å². The third-order valence-electron chi connectivity index (χ3n) is 10.8. The number of methoxy groups -OCH3 is 1. The van der Waals surface area contributed by atoms with Crippen LogP contribution in [0.3, 0.4) is 0 Å². The van der Waals surface area contributed by atoms with Gasteiger partial charge in [-0.05, 0) is 71.0 Å². The van der Waals surface area contributed by atoms with Gasteiger partial charge in [0.15, 0.2) is 5.60 Å². The highest BCUT2D eigenvalue weighted by atomic mass is 16.5. The van der Waals surface area contributed by atoms with Crippen LogP contribution in [0.4, 0.5) is 17.1 Å². The number of amides is 3. The Hall–Kier alpha value is -5.77. The van der Waals surface area contributed by atoms with Crippen LogP contribution in [0.5, 0.6) is 5.75 Å². The van der Waals surface area contributed by atoms with Crippen molar-refractivity contribution in [3.63, 3.8) is 0 Å². The second-order valence-corrected chi connectivity index (χ2v) is 13.8. The second kappa shape index (κ2) is 13.1. The average Bonchev–Trinajstić information content (AvgIpc) is 3.58. The molecular formula is C43H39N3O6. The van der Waals surface area contributed by atoms with Gasteiger partial charge in [-0.1, -0.05) is 79.7 Å². The Bertz CT molecular complexity index is 2260. The van der Waals surface area contributed by atoms with Crippen LogP contribution in [0.2, 0.25) is 0 Å². The minimum atomic E-state index is -1.91. The fraction of sp³-hybridized carbons (Fsp3) is 0.233. The Morgan fingerprint density at radius 2 is 1.69 bits per heavy atom. The van der Waals surface area contributed by atoms with Crippen molar-refractivity contribution in [3.05, 3.63) is 143 Å². The van der Waals surface area contributed by atoms with Gasteiger partial charge in [-0.25, -0.2) is 0 Å². The number of hydrogen-bond acceptors (Lipinski definition) is 6. The van der Waals surface area contributed by atoms with Crippen LogP contribution in [0.15, 0.2) is 115 Å². The highest BCUT2D eigenvalue weighted by molar-refractivity contribution is 6.27. The summed E-state index contributed by atoms with van der Waals surface area (Å²) >= 11 is 0. The van der Waals surface area contributed by atoms with Gasteiger partial charge in [0.25, 0.3) is 11.8 Å². The SMILES string of the molecule is COc1ccc2c(c1)[C@](O)([C@@H](C)/C=C/CC(=O)N1Cc3ccccc3C[C@H]1CO)C(=O)N2Cc1ccc(N2C(=O)c3cccc4cccc2c34)cc1. The standard InChI is InChI=1S/C43H39N3O6/c1-27(8-5-15-39(48)44-25-31-10-4-3-9-30(31)22-33(44)26-47)43(51)36-23-34(52-2)20-21-37(36)45(42(43)50)24-28-16-18-32(19-17-28)46-38-14-7-12-29-11-6-13-35(40(29)38)41(46)49/h3-14,16-21,23,27,33,47,51H,15,22,24-26H2,1-2H3/b8-5+/t27-,33-,43+/m0/s1. The van der Waals surface area contributed by atoms with Gasteiger partial charge < -0.3 is 24.7 Å². The monoisotopic (exact) mass is 693 g/mol. The topological polar surface area (TPSA) is 111 Å². The summed E-state index contributed by atoms with van der Waals surface area (Å²) in [6.07, 6.45) is 4.07. The lowest BCUT2D eigenvalue weighted by Gasteiger charge is -2.36. The molecule has 3 aliphatic heterocycles. The highest BCUT2D eigenvalue weighted by Gasteiger charge is 2.52. The number of nitrogens with zero attached hydrogens (tertiary/aromatic N) is 3. The fourth-order valence-corrected chi connectivity index (χ4v) is 7.99. The smallest absolute Gasteiger partial charge is 0.264 e. The second-order valence-electron chi connectivity index (χ2n) is 13.8. The Labute approximate surface area is 302 Å². The Balaban J connectivity index is 1.01. The Kier molecular flexibility index (Phi) is 8.40. The first-order valence-electron chi connectivity index (χ1n) is 17.5. The molecule has 5 aromatic rings. The highest BCUT2D eigenvalue weighted by Crippen LogP contribution is 2.47. The summed E-state index contributed by atoms with van der Waals surface area (Å²) in [5.74, 6) is -0.875. The number of aliphatic hydroxyl groups is 2. The minimum Gasteiger partial charge on any atom is -0.497 e. The summed E-state index contributed by atoms with van der Waals surface area (Å²) in [6, 6.07) is 32.1. The summed E-state index contributed by atoms with van der Waals surface area (Å²) in [6.45, 7) is 2.25. The Morgan fingerprint density at radius 1 is 0.942 bits per heavy atom. The molecule has 0 unspecified atom stereocenters. The van der Waals surface area contributed by atoms with Gasteiger partial charge in [0.1, 0.15) is 5.75 Å². The number of carbonyl (C=O) groups is 3. The van der Waals surface area contributed by atoms with Gasteiger partial charge in [-0.3, -0.25) is 19.3 Å². The average molecular weight is 694 g/mol. The van der Waals surface area contributed by atoms with Crippen molar-refractivity contribution < 1.29 is 29.3 Å². The molecule has 0 aliphatic carbocycles. The third kappa shape index (κ3) is 5.36. The number of carbonyl (C=O) groups excluding carboxylic acids is 3. The van der Waals surface area contributed by atoms with Gasteiger partial charge in [0, 0.05) is 35.5 Å². The molecule has 5 aromatic carbocycles. The number of aliphatic hydroxyl groups excluding tert-OH is 1. The quantitative estimate of drug-likeness (QED) is 0.173. The van der Waals surface area contributed by atoms with Crippen LogP contribution in [-0.2, 0) is 34.7 Å². The molecular weight excluding hydrogens is 654 g/mol. The molecule has 0 fully saturated rings. The Morgan fingerprint density at radius 3 is 2.44 bits per heavy atom. The maximum absolute atomic E-state index is 14.3. The number of rotatable bonds is 9. The molecule has 9 heteroatoms. The largest absolute Gasteiger partial charge is 0.497 e. The number of benzene rings is 5. The van der Waals surface area contributed by atoms with E-state index in [0.29, 0.717) is 35.5 Å². The van der Waals surface area contributed by atoms with E-state index >= 15 is 0 Å². The van der Waals surface area contributed by atoms with Crippen LogP contribution in [0.25, 0.3) is 10.8 Å². The summed E-state index contributed by atoms with van der Waals surface area (Å²) in [5.41, 5.74) is 4.35. The van der Waals surface area contributed by atoms with E-state index in [1.54, 1.807) is 52.0 Å². The van der Waals surface area contributed by atoms with Crippen LogP contribution in [0, 0.1) is 5.92 Å². The molecule has 9 nitrogen and oxygen atoms in total. The van der Waals surface area contributed by atoms with Crippen LogP contribution in [0.1, 0.15) is 46.0 Å². The van der Waals surface area contributed by atoms with E-state index < -0.39 is 17.4 Å². The first kappa shape index (κ1) is 33.4. The van der Waals surface area contributed by atoms with Crippen molar-refractivity contribution >= 4 is 45.6 Å². The molecule has 0 aromatic heterocycles. The first-order chi connectivity index (χ1) is 25.2. The van der Waals surface area contributed by atoms with Crippen molar-refractivity contribution in [1.29, 1.82) is 0 Å². The van der Waals surface area contributed by atoms with Crippen molar-refractivity contribution in [1.82, 2.24) is 4.90 Å². The van der Waals surface area contributed by atoms with E-state index in [1.807, 2.05) is 84.9 Å². The van der Waals surface area contributed by atoms with E-state index in [9.17, 15) is 24.6 Å². The maximum atomic E-state index is 14.3. The molecule has 0 saturated heterocycles. The number of fused-ring (bicyclic) bond motifs is 2. The summed E-state index contributed by atoms with van der Waals surface area (Å²) in [5, 5.41) is 24.2. The molecule has 2 N–H and O–H groups in total. The van der Waals surface area contributed by atoms with E-state index in [0.717, 1.165) is 38.8 Å².